The number of carbonyl (C=O) groups excluding carboxylic acids is 1. The molecule has 0 spiro atoms. The molecule has 0 aliphatic carbocycles. The summed E-state index contributed by atoms with van der Waals surface area (Å²) < 4.78 is 26.6. The van der Waals surface area contributed by atoms with Gasteiger partial charge < -0.3 is 5.32 Å². The zero-order chi connectivity index (χ0) is 19.5. The van der Waals surface area contributed by atoms with Crippen LogP contribution in [0.25, 0.3) is 0 Å². The fourth-order valence-electron chi connectivity index (χ4n) is 2.54. The van der Waals surface area contributed by atoms with Crippen molar-refractivity contribution in [1.29, 1.82) is 0 Å². The topological polar surface area (TPSA) is 101 Å². The van der Waals surface area contributed by atoms with Crippen LogP contribution in [0, 0.1) is 6.92 Å². The molecule has 26 heavy (non-hydrogen) atoms. The highest BCUT2D eigenvalue weighted by atomic mass is 32.2. The third-order valence-corrected chi connectivity index (χ3v) is 5.11. The van der Waals surface area contributed by atoms with Crippen molar-refractivity contribution < 1.29 is 13.2 Å². The third-order valence-electron chi connectivity index (χ3n) is 3.89. The highest BCUT2D eigenvalue weighted by molar-refractivity contribution is 7.90. The van der Waals surface area contributed by atoms with Gasteiger partial charge in [-0.05, 0) is 42.0 Å². The van der Waals surface area contributed by atoms with E-state index >= 15 is 0 Å². The lowest BCUT2D eigenvalue weighted by Gasteiger charge is -2.20. The first-order valence-electron chi connectivity index (χ1n) is 8.38. The van der Waals surface area contributed by atoms with Gasteiger partial charge in [-0.3, -0.25) is 0 Å². The van der Waals surface area contributed by atoms with E-state index in [1.807, 2.05) is 50.6 Å². The monoisotopic (exact) mass is 376 g/mol. The molecule has 2 N–H and O–H groups in total. The molecule has 0 radical (unpaired) electrons. The molecule has 2 amide bonds. The molecule has 8 heteroatoms. The first kappa shape index (κ1) is 19.8. The first-order chi connectivity index (χ1) is 12.1. The Kier molecular flexibility index (Phi) is 5.97. The Bertz CT molecular complexity index is 865. The van der Waals surface area contributed by atoms with Gasteiger partial charge in [0.05, 0.1) is 5.69 Å². The second-order valence-corrected chi connectivity index (χ2v) is 8.32. The van der Waals surface area contributed by atoms with Gasteiger partial charge in [0.2, 0.25) is 0 Å². The van der Waals surface area contributed by atoms with Gasteiger partial charge in [-0.2, -0.15) is 13.5 Å². The molecule has 1 aromatic carbocycles. The molecule has 0 unspecified atom stereocenters. The molecule has 0 fully saturated rings. The lowest BCUT2D eigenvalue weighted by Crippen LogP contribution is -2.35. The van der Waals surface area contributed by atoms with Crippen LogP contribution in [0.1, 0.15) is 56.4 Å². The van der Waals surface area contributed by atoms with Crippen molar-refractivity contribution in [3.05, 3.63) is 47.2 Å². The second-order valence-electron chi connectivity index (χ2n) is 6.69. The minimum absolute atomic E-state index is 0.170. The summed E-state index contributed by atoms with van der Waals surface area (Å²) in [5.41, 5.74) is 3.11. The lowest BCUT2D eigenvalue weighted by molar-refractivity contribution is 0.256. The summed E-state index contributed by atoms with van der Waals surface area (Å²) in [5, 5.41) is 9.73. The van der Waals surface area contributed by atoms with Crippen molar-refractivity contribution in [3.8, 4) is 0 Å². The number of aryl methyl sites for hydroxylation is 1. The maximum atomic E-state index is 12.4. The summed E-state index contributed by atoms with van der Waals surface area (Å²) in [6.45, 7) is 9.75. The van der Waals surface area contributed by atoms with Gasteiger partial charge in [-0.25, -0.2) is 9.52 Å². The summed E-state index contributed by atoms with van der Waals surface area (Å²) in [7, 11) is -4.10. The standard InChI is InChI=1S/C18H24N4O3S/c1-11(2)14-7-6-8-15(12(3)4)17(14)19-18(23)22-26(24,25)16-10-9-13(5)20-21-16/h6-12H,1-5H3,(H2,19,22,23). The van der Waals surface area contributed by atoms with Gasteiger partial charge in [0, 0.05) is 5.69 Å². The zero-order valence-corrected chi connectivity index (χ0v) is 16.4. The minimum Gasteiger partial charge on any atom is -0.307 e. The smallest absolute Gasteiger partial charge is 0.307 e. The Morgan fingerprint density at radius 2 is 1.54 bits per heavy atom. The molecule has 1 heterocycles. The van der Waals surface area contributed by atoms with Crippen LogP contribution in [-0.2, 0) is 10.0 Å². The summed E-state index contributed by atoms with van der Waals surface area (Å²) >= 11 is 0. The van der Waals surface area contributed by atoms with Crippen LogP contribution in [0.2, 0.25) is 0 Å². The van der Waals surface area contributed by atoms with Gasteiger partial charge in [0.15, 0.2) is 5.03 Å². The third kappa shape index (κ3) is 4.57. The highest BCUT2D eigenvalue weighted by Gasteiger charge is 2.22. The molecule has 0 atom stereocenters. The number of benzene rings is 1. The summed E-state index contributed by atoms with van der Waals surface area (Å²) in [4.78, 5) is 12.4. The molecule has 0 bridgehead atoms. The van der Waals surface area contributed by atoms with Crippen LogP contribution in [0.5, 0.6) is 0 Å². The van der Waals surface area contributed by atoms with Crippen LogP contribution in [0.3, 0.4) is 0 Å². The van der Waals surface area contributed by atoms with Gasteiger partial charge in [0.25, 0.3) is 10.0 Å². The number of hydrogen-bond donors (Lipinski definition) is 2. The minimum atomic E-state index is -4.10. The van der Waals surface area contributed by atoms with E-state index in [0.29, 0.717) is 11.4 Å². The number of aromatic nitrogens is 2. The van der Waals surface area contributed by atoms with Gasteiger partial charge in [0.1, 0.15) is 0 Å². The van der Waals surface area contributed by atoms with Crippen LogP contribution in [0.4, 0.5) is 10.5 Å². The largest absolute Gasteiger partial charge is 0.333 e. The van der Waals surface area contributed by atoms with Crippen molar-refractivity contribution in [2.75, 3.05) is 5.32 Å². The Balaban J connectivity index is 2.29. The number of rotatable bonds is 5. The number of para-hydroxylation sites is 1. The van der Waals surface area contributed by atoms with Crippen LogP contribution < -0.4 is 10.0 Å². The normalized spacial score (nSPS) is 11.7. The summed E-state index contributed by atoms with van der Waals surface area (Å²) in [5.74, 6) is 0.340. The van der Waals surface area contributed by atoms with E-state index in [2.05, 4.69) is 15.5 Å². The van der Waals surface area contributed by atoms with Crippen LogP contribution >= 0.6 is 0 Å². The zero-order valence-electron chi connectivity index (χ0n) is 15.6. The SMILES string of the molecule is Cc1ccc(S(=O)(=O)NC(=O)Nc2c(C(C)C)cccc2C(C)C)nn1. The van der Waals surface area contributed by atoms with E-state index in [9.17, 15) is 13.2 Å². The van der Waals surface area contributed by atoms with E-state index in [1.165, 1.54) is 12.1 Å². The molecule has 2 aromatic rings. The quantitative estimate of drug-likeness (QED) is 0.831. The Morgan fingerprint density at radius 3 is 2.00 bits per heavy atom. The van der Waals surface area contributed by atoms with E-state index in [0.717, 1.165) is 11.1 Å². The number of nitrogens with one attached hydrogen (secondary N) is 2. The van der Waals surface area contributed by atoms with Gasteiger partial charge >= 0.3 is 6.03 Å². The summed E-state index contributed by atoms with van der Waals surface area (Å²) in [6.07, 6.45) is 0. The number of hydrogen-bond acceptors (Lipinski definition) is 5. The molecule has 0 saturated carbocycles. The molecule has 0 aliphatic heterocycles. The fourth-order valence-corrected chi connectivity index (χ4v) is 3.33. The first-order valence-corrected chi connectivity index (χ1v) is 9.87. The molecule has 0 aliphatic rings. The molecule has 7 nitrogen and oxygen atoms in total. The molecule has 1 aromatic heterocycles. The van der Waals surface area contributed by atoms with Crippen molar-refractivity contribution in [1.82, 2.24) is 14.9 Å². The number of carbonyl (C=O) groups is 1. The average molecular weight is 376 g/mol. The maximum absolute atomic E-state index is 12.4. The van der Waals surface area contributed by atoms with Gasteiger partial charge in [-0.1, -0.05) is 45.9 Å². The number of anilines is 1. The predicted molar refractivity (Wildman–Crippen MR) is 101 cm³/mol. The number of sulfonamides is 1. The van der Waals surface area contributed by atoms with E-state index in [-0.39, 0.29) is 16.9 Å². The fraction of sp³-hybridized carbons (Fsp3) is 0.389. The average Bonchev–Trinajstić information content (AvgIpc) is 2.54. The lowest BCUT2D eigenvalue weighted by atomic mass is 9.93. The Labute approximate surface area is 154 Å². The number of urea groups is 1. The maximum Gasteiger partial charge on any atom is 0.333 e. The Hall–Kier alpha value is -2.48. The molecular weight excluding hydrogens is 352 g/mol. The second kappa shape index (κ2) is 7.82. The Morgan fingerprint density at radius 1 is 0.962 bits per heavy atom. The molecule has 2 rings (SSSR count). The summed E-state index contributed by atoms with van der Waals surface area (Å²) in [6, 6.07) is 7.77. The van der Waals surface area contributed by atoms with E-state index in [4.69, 9.17) is 0 Å². The van der Waals surface area contributed by atoms with E-state index in [1.54, 1.807) is 6.92 Å². The number of amides is 2. The molecule has 0 saturated heterocycles. The van der Waals surface area contributed by atoms with Crippen molar-refractivity contribution in [2.24, 2.45) is 0 Å². The molecule has 140 valence electrons. The van der Waals surface area contributed by atoms with Crippen LogP contribution in [0.15, 0.2) is 35.4 Å². The van der Waals surface area contributed by atoms with Crippen molar-refractivity contribution >= 4 is 21.7 Å². The van der Waals surface area contributed by atoms with Crippen LogP contribution in [-0.4, -0.2) is 24.6 Å². The predicted octanol–water partition coefficient (Wildman–Crippen LogP) is 3.54. The van der Waals surface area contributed by atoms with Gasteiger partial charge in [-0.15, -0.1) is 5.10 Å². The van der Waals surface area contributed by atoms with Crippen molar-refractivity contribution in [3.63, 3.8) is 0 Å². The van der Waals surface area contributed by atoms with Crippen molar-refractivity contribution in [2.45, 2.75) is 51.5 Å². The number of nitrogens with zero attached hydrogens (tertiary/aromatic N) is 2. The molecular formula is C18H24N4O3S. The highest BCUT2D eigenvalue weighted by Crippen LogP contribution is 2.32. The van der Waals surface area contributed by atoms with E-state index < -0.39 is 16.1 Å².